The summed E-state index contributed by atoms with van der Waals surface area (Å²) >= 11 is 0. The first-order valence-corrected chi connectivity index (χ1v) is 9.79. The molecule has 2 saturated heterocycles. The fourth-order valence-electron chi connectivity index (χ4n) is 3.83. The second-order valence-electron chi connectivity index (χ2n) is 7.49. The zero-order valence-electron chi connectivity index (χ0n) is 15.8. The highest BCUT2D eigenvalue weighted by Crippen LogP contribution is 2.24. The number of benzene rings is 1. The number of amides is 2. The Morgan fingerprint density at radius 2 is 1.19 bits per heavy atom. The molecule has 0 aliphatic carbocycles. The molecule has 5 nitrogen and oxygen atoms in total. The Morgan fingerprint density at radius 1 is 0.741 bits per heavy atom. The second-order valence-corrected chi connectivity index (χ2v) is 7.49. The molecule has 5 heteroatoms. The molecule has 1 aromatic carbocycles. The van der Waals surface area contributed by atoms with Crippen molar-refractivity contribution in [3.05, 3.63) is 53.3 Å². The molecular formula is C22H25N3O2. The minimum absolute atomic E-state index is 0.0723. The van der Waals surface area contributed by atoms with E-state index >= 15 is 0 Å². The third kappa shape index (κ3) is 3.72. The van der Waals surface area contributed by atoms with Crippen LogP contribution in [0.15, 0.2) is 36.4 Å². The van der Waals surface area contributed by atoms with Crippen molar-refractivity contribution in [2.24, 2.45) is 0 Å². The van der Waals surface area contributed by atoms with Gasteiger partial charge in [0.2, 0.25) is 0 Å². The summed E-state index contributed by atoms with van der Waals surface area (Å²) in [6, 6.07) is 11.8. The van der Waals surface area contributed by atoms with Crippen LogP contribution in [-0.2, 0) is 0 Å². The average molecular weight is 363 g/mol. The highest BCUT2D eigenvalue weighted by molar-refractivity contribution is 5.98. The quantitative estimate of drug-likeness (QED) is 0.838. The smallest absolute Gasteiger partial charge is 0.272 e. The van der Waals surface area contributed by atoms with Crippen LogP contribution in [0.4, 0.5) is 0 Å². The van der Waals surface area contributed by atoms with Gasteiger partial charge in [-0.15, -0.1) is 0 Å². The summed E-state index contributed by atoms with van der Waals surface area (Å²) in [6.45, 7) is 5.12. The standard InChI is InChI=1S/C22H25N3O2/c1-16-6-8-17(9-7-16)18-14-19(21(26)24-10-2-3-11-24)23-20(15-18)22(27)25-12-4-5-13-25/h6-9,14-15H,2-5,10-13H2,1H3. The van der Waals surface area contributed by atoms with Crippen LogP contribution in [0, 0.1) is 6.92 Å². The number of rotatable bonds is 3. The van der Waals surface area contributed by atoms with Gasteiger partial charge in [0.05, 0.1) is 0 Å². The second kappa shape index (κ2) is 7.51. The Kier molecular flexibility index (Phi) is 4.92. The fourth-order valence-corrected chi connectivity index (χ4v) is 3.83. The van der Waals surface area contributed by atoms with E-state index in [1.54, 1.807) is 0 Å². The fraction of sp³-hybridized carbons (Fsp3) is 0.409. The van der Waals surface area contributed by atoms with Crippen molar-refractivity contribution >= 4 is 11.8 Å². The van der Waals surface area contributed by atoms with Gasteiger partial charge in [0.15, 0.2) is 0 Å². The predicted molar refractivity (Wildman–Crippen MR) is 105 cm³/mol. The molecule has 2 aliphatic heterocycles. The maximum Gasteiger partial charge on any atom is 0.272 e. The molecule has 4 rings (SSSR count). The average Bonchev–Trinajstić information content (AvgIpc) is 3.41. The van der Waals surface area contributed by atoms with E-state index in [2.05, 4.69) is 4.98 Å². The lowest BCUT2D eigenvalue weighted by atomic mass is 10.0. The highest BCUT2D eigenvalue weighted by atomic mass is 16.2. The van der Waals surface area contributed by atoms with Crippen LogP contribution in [0.1, 0.15) is 52.2 Å². The highest BCUT2D eigenvalue weighted by Gasteiger charge is 2.25. The molecule has 0 bridgehead atoms. The summed E-state index contributed by atoms with van der Waals surface area (Å²) in [5.41, 5.74) is 3.79. The van der Waals surface area contributed by atoms with Crippen molar-refractivity contribution in [1.29, 1.82) is 0 Å². The third-order valence-corrected chi connectivity index (χ3v) is 5.44. The van der Waals surface area contributed by atoms with Gasteiger partial charge in [-0.2, -0.15) is 0 Å². The van der Waals surface area contributed by atoms with Gasteiger partial charge in [-0.1, -0.05) is 29.8 Å². The number of hydrogen-bond acceptors (Lipinski definition) is 3. The number of carbonyl (C=O) groups is 2. The van der Waals surface area contributed by atoms with E-state index in [9.17, 15) is 9.59 Å². The van der Waals surface area contributed by atoms with Crippen molar-refractivity contribution in [2.45, 2.75) is 32.6 Å². The van der Waals surface area contributed by atoms with Crippen molar-refractivity contribution in [1.82, 2.24) is 14.8 Å². The minimum atomic E-state index is -0.0723. The van der Waals surface area contributed by atoms with Crippen molar-refractivity contribution in [2.75, 3.05) is 26.2 Å². The maximum absolute atomic E-state index is 12.9. The van der Waals surface area contributed by atoms with Gasteiger partial charge in [0.25, 0.3) is 11.8 Å². The first-order chi connectivity index (χ1) is 13.1. The minimum Gasteiger partial charge on any atom is -0.337 e. The van der Waals surface area contributed by atoms with Crippen molar-refractivity contribution < 1.29 is 9.59 Å². The summed E-state index contributed by atoms with van der Waals surface area (Å²) in [5, 5.41) is 0. The lowest BCUT2D eigenvalue weighted by molar-refractivity contribution is 0.0780. The van der Waals surface area contributed by atoms with Gasteiger partial charge >= 0.3 is 0 Å². The SMILES string of the molecule is Cc1ccc(-c2cc(C(=O)N3CCCC3)nc(C(=O)N3CCCC3)c2)cc1. The van der Waals surface area contributed by atoms with Gasteiger partial charge in [-0.05, 0) is 55.9 Å². The zero-order valence-corrected chi connectivity index (χ0v) is 15.8. The molecule has 2 amide bonds. The van der Waals surface area contributed by atoms with E-state index in [0.717, 1.165) is 63.0 Å². The number of aryl methyl sites for hydroxylation is 1. The van der Waals surface area contributed by atoms with Gasteiger partial charge in [0.1, 0.15) is 11.4 Å². The van der Waals surface area contributed by atoms with Crippen molar-refractivity contribution in [3.63, 3.8) is 0 Å². The number of nitrogens with zero attached hydrogens (tertiary/aromatic N) is 3. The molecule has 0 radical (unpaired) electrons. The molecule has 2 aromatic rings. The summed E-state index contributed by atoms with van der Waals surface area (Å²) in [4.78, 5) is 34.0. The van der Waals surface area contributed by atoms with Crippen LogP contribution in [0.2, 0.25) is 0 Å². The summed E-state index contributed by atoms with van der Waals surface area (Å²) in [6.07, 6.45) is 4.12. The molecule has 0 spiro atoms. The first-order valence-electron chi connectivity index (χ1n) is 9.79. The van der Waals surface area contributed by atoms with Crippen LogP contribution in [0.25, 0.3) is 11.1 Å². The molecule has 3 heterocycles. The van der Waals surface area contributed by atoms with E-state index < -0.39 is 0 Å². The molecule has 2 aliphatic rings. The number of likely N-dealkylation sites (tertiary alicyclic amines) is 2. The Morgan fingerprint density at radius 3 is 1.63 bits per heavy atom. The van der Waals surface area contributed by atoms with Gasteiger partial charge in [-0.25, -0.2) is 4.98 Å². The molecule has 0 unspecified atom stereocenters. The molecule has 1 aromatic heterocycles. The normalized spacial score (nSPS) is 16.8. The van der Waals surface area contributed by atoms with Gasteiger partial charge in [0, 0.05) is 26.2 Å². The van der Waals surface area contributed by atoms with E-state index in [0.29, 0.717) is 11.4 Å². The topological polar surface area (TPSA) is 53.5 Å². The Hall–Kier alpha value is -2.69. The Balaban J connectivity index is 1.74. The largest absolute Gasteiger partial charge is 0.337 e. The van der Waals surface area contributed by atoms with Crippen LogP contribution < -0.4 is 0 Å². The third-order valence-electron chi connectivity index (χ3n) is 5.44. The number of pyridine rings is 1. The van der Waals surface area contributed by atoms with Crippen LogP contribution >= 0.6 is 0 Å². The Labute approximate surface area is 160 Å². The lowest BCUT2D eigenvalue weighted by Crippen LogP contribution is -2.31. The molecule has 140 valence electrons. The van der Waals surface area contributed by atoms with Crippen LogP contribution in [0.5, 0.6) is 0 Å². The summed E-state index contributed by atoms with van der Waals surface area (Å²) in [7, 11) is 0. The monoisotopic (exact) mass is 363 g/mol. The molecule has 27 heavy (non-hydrogen) atoms. The zero-order chi connectivity index (χ0) is 18.8. The molecule has 0 atom stereocenters. The molecule has 0 saturated carbocycles. The number of carbonyl (C=O) groups excluding carboxylic acids is 2. The molecule has 2 fully saturated rings. The van der Waals surface area contributed by atoms with E-state index in [1.807, 2.05) is 53.1 Å². The van der Waals surface area contributed by atoms with Gasteiger partial charge in [-0.3, -0.25) is 9.59 Å². The van der Waals surface area contributed by atoms with Crippen LogP contribution in [-0.4, -0.2) is 52.8 Å². The van der Waals surface area contributed by atoms with Crippen molar-refractivity contribution in [3.8, 4) is 11.1 Å². The van der Waals surface area contributed by atoms with Gasteiger partial charge < -0.3 is 9.80 Å². The predicted octanol–water partition coefficient (Wildman–Crippen LogP) is 3.53. The molecular weight excluding hydrogens is 338 g/mol. The first kappa shape index (κ1) is 17.7. The lowest BCUT2D eigenvalue weighted by Gasteiger charge is -2.18. The maximum atomic E-state index is 12.9. The number of hydrogen-bond donors (Lipinski definition) is 0. The van der Waals surface area contributed by atoms with E-state index in [1.165, 1.54) is 5.56 Å². The summed E-state index contributed by atoms with van der Waals surface area (Å²) in [5.74, 6) is -0.145. The number of aromatic nitrogens is 1. The van der Waals surface area contributed by atoms with Crippen LogP contribution in [0.3, 0.4) is 0 Å². The molecule has 0 N–H and O–H groups in total. The van der Waals surface area contributed by atoms with E-state index in [-0.39, 0.29) is 11.8 Å². The summed E-state index contributed by atoms with van der Waals surface area (Å²) < 4.78 is 0. The van der Waals surface area contributed by atoms with E-state index in [4.69, 9.17) is 0 Å². The Bertz CT molecular complexity index is 802.